The smallest absolute Gasteiger partial charge is 0.267 e. The first-order chi connectivity index (χ1) is 17.5. The van der Waals surface area contributed by atoms with Crippen molar-refractivity contribution in [3.8, 4) is 5.75 Å². The summed E-state index contributed by atoms with van der Waals surface area (Å²) in [6, 6.07) is 13.3. The Labute approximate surface area is 212 Å². The number of hydrogen-bond donors (Lipinski definition) is 1. The zero-order chi connectivity index (χ0) is 25.2. The number of carbonyl (C=O) groups excluding carboxylic acids is 2. The van der Waals surface area contributed by atoms with Crippen molar-refractivity contribution in [2.45, 2.75) is 38.8 Å². The third-order valence-electron chi connectivity index (χ3n) is 6.53. The van der Waals surface area contributed by atoms with Crippen molar-refractivity contribution < 1.29 is 14.3 Å². The molecule has 8 nitrogen and oxygen atoms in total. The van der Waals surface area contributed by atoms with Crippen LogP contribution in [-0.4, -0.2) is 52.5 Å². The summed E-state index contributed by atoms with van der Waals surface area (Å²) in [6.45, 7) is 3.25. The monoisotopic (exact) mass is 504 g/mol. The molecule has 0 bridgehead atoms. The van der Waals surface area contributed by atoms with E-state index in [9.17, 15) is 14.4 Å². The van der Waals surface area contributed by atoms with Gasteiger partial charge < -0.3 is 19.5 Å². The van der Waals surface area contributed by atoms with Crippen molar-refractivity contribution in [1.82, 2.24) is 19.8 Å². The number of methoxy groups -OCH3 is 1. The average molecular weight is 505 g/mol. The van der Waals surface area contributed by atoms with Crippen LogP contribution in [0, 0.1) is 0 Å². The van der Waals surface area contributed by atoms with Gasteiger partial charge in [-0.15, -0.1) is 11.3 Å². The van der Waals surface area contributed by atoms with E-state index >= 15 is 0 Å². The predicted molar refractivity (Wildman–Crippen MR) is 141 cm³/mol. The van der Waals surface area contributed by atoms with Gasteiger partial charge >= 0.3 is 0 Å². The van der Waals surface area contributed by atoms with Crippen molar-refractivity contribution in [2.24, 2.45) is 0 Å². The molecule has 1 aromatic carbocycles. The number of carbonyl (C=O) groups is 2. The van der Waals surface area contributed by atoms with Gasteiger partial charge in [-0.25, -0.2) is 0 Å². The minimum Gasteiger partial charge on any atom is -0.494 e. The van der Waals surface area contributed by atoms with Crippen LogP contribution in [0.2, 0.25) is 0 Å². The number of amides is 2. The molecule has 1 N–H and O–H groups in total. The van der Waals surface area contributed by atoms with Crippen LogP contribution in [0.25, 0.3) is 21.0 Å². The van der Waals surface area contributed by atoms with Crippen molar-refractivity contribution in [3.63, 3.8) is 0 Å². The number of hydrogen-bond acceptors (Lipinski definition) is 6. The van der Waals surface area contributed by atoms with Crippen LogP contribution >= 0.6 is 11.3 Å². The lowest BCUT2D eigenvalue weighted by molar-refractivity contribution is -0.121. The van der Waals surface area contributed by atoms with E-state index < -0.39 is 0 Å². The molecule has 1 fully saturated rings. The van der Waals surface area contributed by atoms with Crippen LogP contribution in [0.5, 0.6) is 5.75 Å². The van der Waals surface area contributed by atoms with Gasteiger partial charge in [0.2, 0.25) is 5.91 Å². The molecule has 36 heavy (non-hydrogen) atoms. The fraction of sp³-hybridized carbons (Fsp3) is 0.333. The molecule has 1 unspecified atom stereocenters. The van der Waals surface area contributed by atoms with Gasteiger partial charge in [0.25, 0.3) is 11.5 Å². The van der Waals surface area contributed by atoms with E-state index in [0.717, 1.165) is 27.7 Å². The van der Waals surface area contributed by atoms with Gasteiger partial charge in [-0.2, -0.15) is 0 Å². The maximum absolute atomic E-state index is 13.8. The summed E-state index contributed by atoms with van der Waals surface area (Å²) in [6.07, 6.45) is 3.67. The molecular formula is C27H28N4O4S. The molecule has 186 valence electrons. The van der Waals surface area contributed by atoms with E-state index in [2.05, 4.69) is 10.3 Å². The van der Waals surface area contributed by atoms with Gasteiger partial charge in [-0.1, -0.05) is 31.2 Å². The number of nitrogens with one attached hydrogen (secondary N) is 1. The molecule has 3 aromatic heterocycles. The lowest BCUT2D eigenvalue weighted by Crippen LogP contribution is -2.38. The molecule has 0 spiro atoms. The number of nitrogens with zero attached hydrogens (tertiary/aromatic N) is 3. The number of pyridine rings is 2. The third kappa shape index (κ3) is 4.35. The summed E-state index contributed by atoms with van der Waals surface area (Å²) < 4.78 is 8.13. The minimum atomic E-state index is -0.215. The second kappa shape index (κ2) is 10.1. The number of likely N-dealkylation sites (tertiary alicyclic amines) is 1. The number of rotatable bonds is 7. The van der Waals surface area contributed by atoms with Crippen LogP contribution in [0.1, 0.15) is 41.6 Å². The summed E-state index contributed by atoms with van der Waals surface area (Å²) in [5.74, 6) is 0.139. The van der Waals surface area contributed by atoms with Gasteiger partial charge in [0.1, 0.15) is 10.3 Å². The largest absolute Gasteiger partial charge is 0.494 e. The minimum absolute atomic E-state index is 0.0103. The summed E-state index contributed by atoms with van der Waals surface area (Å²) in [5.41, 5.74) is 1.33. The predicted octanol–water partition coefficient (Wildman–Crippen LogP) is 3.80. The number of fused-ring (bicyclic) bond motifs is 3. The van der Waals surface area contributed by atoms with Gasteiger partial charge in [0.15, 0.2) is 5.75 Å². The molecule has 0 saturated carbocycles. The highest BCUT2D eigenvalue weighted by atomic mass is 32.1. The normalized spacial score (nSPS) is 15.5. The molecule has 1 atom stereocenters. The fourth-order valence-corrected chi connectivity index (χ4v) is 6.09. The zero-order valence-corrected chi connectivity index (χ0v) is 21.1. The number of para-hydroxylation sites is 1. The first-order valence-corrected chi connectivity index (χ1v) is 12.9. The molecule has 2 amide bonds. The Morgan fingerprint density at radius 1 is 1.19 bits per heavy atom. The van der Waals surface area contributed by atoms with E-state index in [4.69, 9.17) is 4.74 Å². The topological polar surface area (TPSA) is 93.5 Å². The van der Waals surface area contributed by atoms with E-state index in [1.54, 1.807) is 15.7 Å². The van der Waals surface area contributed by atoms with Gasteiger partial charge in [0, 0.05) is 37.1 Å². The Morgan fingerprint density at radius 2 is 2.00 bits per heavy atom. The Kier molecular flexibility index (Phi) is 6.73. The quantitative estimate of drug-likeness (QED) is 0.413. The Morgan fingerprint density at radius 3 is 2.75 bits per heavy atom. The number of aromatic nitrogens is 2. The van der Waals surface area contributed by atoms with Gasteiger partial charge in [-0.05, 0) is 31.0 Å². The first-order valence-electron chi connectivity index (χ1n) is 12.1. The standard InChI is InChI=1S/C27H28N4O4S/c1-3-8-21(32)29-18-12-14-30(15-18)27(34)25-23(35-2)22-24(36-25)19-10-4-5-11-20(19)31(26(22)33)16-17-9-6-7-13-28-17/h4-7,9-11,13,18H,3,8,12,14-16H2,1-2H3,(H,29,32). The zero-order valence-electron chi connectivity index (χ0n) is 20.3. The van der Waals surface area contributed by atoms with Crippen LogP contribution in [0.4, 0.5) is 0 Å². The summed E-state index contributed by atoms with van der Waals surface area (Å²) >= 11 is 1.29. The Hall–Kier alpha value is -3.72. The van der Waals surface area contributed by atoms with Crippen molar-refractivity contribution in [1.29, 1.82) is 0 Å². The highest BCUT2D eigenvalue weighted by Crippen LogP contribution is 2.40. The molecule has 9 heteroatoms. The second-order valence-corrected chi connectivity index (χ2v) is 9.97. The van der Waals surface area contributed by atoms with Crippen LogP contribution < -0.4 is 15.6 Å². The Bertz CT molecular complexity index is 1490. The SMILES string of the molecule is CCCC(=O)NC1CCN(C(=O)c2sc3c(c2OC)c(=O)n(Cc2ccccn2)c2ccccc32)C1. The van der Waals surface area contributed by atoms with Crippen molar-refractivity contribution >= 4 is 44.1 Å². The first kappa shape index (κ1) is 24.0. The molecule has 0 aliphatic carbocycles. The van der Waals surface area contributed by atoms with E-state index in [0.29, 0.717) is 48.5 Å². The second-order valence-electron chi connectivity index (χ2n) is 8.95. The maximum atomic E-state index is 13.8. The van der Waals surface area contributed by atoms with Crippen molar-refractivity contribution in [3.05, 3.63) is 69.6 Å². The molecular weight excluding hydrogens is 476 g/mol. The highest BCUT2D eigenvalue weighted by molar-refractivity contribution is 7.22. The lowest BCUT2D eigenvalue weighted by Gasteiger charge is -2.17. The number of benzene rings is 1. The average Bonchev–Trinajstić information content (AvgIpc) is 3.52. The highest BCUT2D eigenvalue weighted by Gasteiger charge is 2.32. The molecule has 0 radical (unpaired) electrons. The molecule has 1 aliphatic rings. The lowest BCUT2D eigenvalue weighted by atomic mass is 10.1. The van der Waals surface area contributed by atoms with E-state index in [1.165, 1.54) is 18.4 Å². The fourth-order valence-electron chi connectivity index (χ4n) is 4.82. The molecule has 4 aromatic rings. The van der Waals surface area contributed by atoms with Gasteiger partial charge in [0.05, 0.1) is 29.6 Å². The molecule has 1 aliphatic heterocycles. The molecule has 5 rings (SSSR count). The summed E-state index contributed by atoms with van der Waals surface area (Å²) in [7, 11) is 1.49. The third-order valence-corrected chi connectivity index (χ3v) is 7.72. The number of ether oxygens (including phenoxy) is 1. The van der Waals surface area contributed by atoms with E-state index in [1.807, 2.05) is 49.4 Å². The summed E-state index contributed by atoms with van der Waals surface area (Å²) in [5, 5.41) is 4.31. The Balaban J connectivity index is 1.56. The molecule has 1 saturated heterocycles. The molecule has 4 heterocycles. The van der Waals surface area contributed by atoms with Crippen LogP contribution in [-0.2, 0) is 11.3 Å². The number of thiophene rings is 1. The summed E-state index contributed by atoms with van der Waals surface area (Å²) in [4.78, 5) is 46.0. The maximum Gasteiger partial charge on any atom is 0.267 e. The van der Waals surface area contributed by atoms with Crippen LogP contribution in [0.3, 0.4) is 0 Å². The van der Waals surface area contributed by atoms with E-state index in [-0.39, 0.29) is 23.4 Å². The van der Waals surface area contributed by atoms with Gasteiger partial charge in [-0.3, -0.25) is 19.4 Å². The van der Waals surface area contributed by atoms with Crippen LogP contribution in [0.15, 0.2) is 53.5 Å². The van der Waals surface area contributed by atoms with Crippen molar-refractivity contribution in [2.75, 3.05) is 20.2 Å².